The summed E-state index contributed by atoms with van der Waals surface area (Å²) in [5.74, 6) is -1.08. The maximum Gasteiger partial charge on any atom is 0.126 e. The van der Waals surface area contributed by atoms with Gasteiger partial charge in [-0.3, -0.25) is 0 Å². The quantitative estimate of drug-likeness (QED) is 0.646. The summed E-state index contributed by atoms with van der Waals surface area (Å²) in [5.41, 5.74) is 2.86. The van der Waals surface area contributed by atoms with Crippen molar-refractivity contribution in [2.24, 2.45) is 0 Å². The number of aryl methyl sites for hydroxylation is 1. The molecule has 0 amide bonds. The molecule has 0 radical (unpaired) electrons. The molecule has 0 saturated carbocycles. The number of hydrogen-bond acceptors (Lipinski definition) is 0. The van der Waals surface area contributed by atoms with E-state index in [4.69, 9.17) is 0 Å². The van der Waals surface area contributed by atoms with Crippen LogP contribution in [0.5, 0.6) is 0 Å². The monoisotopic (exact) mass is 257 g/mol. The minimum Gasteiger partial charge on any atom is -0.343 e. The van der Waals surface area contributed by atoms with Gasteiger partial charge >= 0.3 is 0 Å². The molecule has 0 aliphatic rings. The Morgan fingerprint density at radius 1 is 0.947 bits per heavy atom. The maximum absolute atomic E-state index is 13.2. The van der Waals surface area contributed by atoms with Gasteiger partial charge in [-0.1, -0.05) is 12.1 Å². The van der Waals surface area contributed by atoms with Crippen LogP contribution in [0.1, 0.15) is 11.1 Å². The zero-order valence-electron chi connectivity index (χ0n) is 10.5. The largest absolute Gasteiger partial charge is 0.343 e. The van der Waals surface area contributed by atoms with Crippen LogP contribution in [0.15, 0.2) is 48.7 Å². The first-order valence-corrected chi connectivity index (χ1v) is 6.12. The van der Waals surface area contributed by atoms with Gasteiger partial charge in [-0.2, -0.15) is 0 Å². The fourth-order valence-electron chi connectivity index (χ4n) is 2.33. The van der Waals surface area contributed by atoms with Crippen LogP contribution in [0, 0.1) is 18.6 Å². The van der Waals surface area contributed by atoms with Gasteiger partial charge in [0.2, 0.25) is 0 Å². The van der Waals surface area contributed by atoms with Crippen molar-refractivity contribution in [3.05, 3.63) is 71.4 Å². The van der Waals surface area contributed by atoms with Gasteiger partial charge in [-0.05, 0) is 47.7 Å². The van der Waals surface area contributed by atoms with E-state index in [0.717, 1.165) is 22.5 Å². The Morgan fingerprint density at radius 3 is 2.42 bits per heavy atom. The van der Waals surface area contributed by atoms with Crippen LogP contribution in [-0.4, -0.2) is 4.57 Å². The average molecular weight is 257 g/mol. The predicted molar refractivity (Wildman–Crippen MR) is 72.1 cm³/mol. The number of benzene rings is 2. The first-order valence-electron chi connectivity index (χ1n) is 6.12. The summed E-state index contributed by atoms with van der Waals surface area (Å²) in [5, 5.41) is 1.13. The first-order chi connectivity index (χ1) is 9.11. The minimum absolute atomic E-state index is 0.460. The lowest BCUT2D eigenvalue weighted by Gasteiger charge is -2.07. The topological polar surface area (TPSA) is 4.93 Å². The van der Waals surface area contributed by atoms with Gasteiger partial charge in [0.05, 0.1) is 0 Å². The van der Waals surface area contributed by atoms with Crippen LogP contribution in [0.4, 0.5) is 8.78 Å². The van der Waals surface area contributed by atoms with Crippen LogP contribution in [0.25, 0.3) is 10.9 Å². The number of nitrogens with zero attached hydrogens (tertiary/aromatic N) is 1. The molecule has 0 saturated heterocycles. The Balaban J connectivity index is 2.03. The minimum atomic E-state index is -0.539. The van der Waals surface area contributed by atoms with Gasteiger partial charge in [0.1, 0.15) is 11.6 Å². The molecule has 3 heteroatoms. The van der Waals surface area contributed by atoms with Crippen molar-refractivity contribution in [3.8, 4) is 0 Å². The molecule has 1 nitrogen and oxygen atoms in total. The third kappa shape index (κ3) is 2.36. The summed E-state index contributed by atoms with van der Waals surface area (Å²) in [6.07, 6.45) is 1.94. The molecule has 0 spiro atoms. The highest BCUT2D eigenvalue weighted by Gasteiger charge is 2.05. The Bertz CT molecular complexity index is 723. The summed E-state index contributed by atoms with van der Waals surface area (Å²) in [4.78, 5) is 0. The molecule has 0 bridgehead atoms. The standard InChI is InChI=1S/C16H13F2N/c1-11-2-3-13-4-5-19(16(13)6-11)10-12-7-14(17)9-15(18)8-12/h2-9H,10H2,1H3. The van der Waals surface area contributed by atoms with Gasteiger partial charge in [0, 0.05) is 24.3 Å². The van der Waals surface area contributed by atoms with Crippen LogP contribution in [0.3, 0.4) is 0 Å². The molecule has 0 N–H and O–H groups in total. The van der Waals surface area contributed by atoms with E-state index in [2.05, 4.69) is 12.1 Å². The van der Waals surface area contributed by atoms with Crippen molar-refractivity contribution >= 4 is 10.9 Å². The second-order valence-electron chi connectivity index (χ2n) is 4.78. The normalized spacial score (nSPS) is 11.1. The lowest BCUT2D eigenvalue weighted by atomic mass is 10.2. The third-order valence-corrected chi connectivity index (χ3v) is 3.20. The van der Waals surface area contributed by atoms with Crippen molar-refractivity contribution in [2.75, 3.05) is 0 Å². The molecule has 3 aromatic rings. The van der Waals surface area contributed by atoms with E-state index in [1.54, 1.807) is 0 Å². The molecule has 2 aromatic carbocycles. The molecule has 0 fully saturated rings. The summed E-state index contributed by atoms with van der Waals surface area (Å²) < 4.78 is 28.4. The molecule has 0 unspecified atom stereocenters. The number of halogens is 2. The number of hydrogen-bond donors (Lipinski definition) is 0. The van der Waals surface area contributed by atoms with Gasteiger partial charge in [0.25, 0.3) is 0 Å². The van der Waals surface area contributed by atoms with E-state index < -0.39 is 11.6 Å². The molecular weight excluding hydrogens is 244 g/mol. The van der Waals surface area contributed by atoms with E-state index in [1.165, 1.54) is 12.1 Å². The molecule has 3 rings (SSSR count). The van der Waals surface area contributed by atoms with Crippen molar-refractivity contribution in [1.29, 1.82) is 0 Å². The van der Waals surface area contributed by atoms with E-state index in [1.807, 2.05) is 29.8 Å². The van der Waals surface area contributed by atoms with Gasteiger partial charge < -0.3 is 4.57 Å². The predicted octanol–water partition coefficient (Wildman–Crippen LogP) is 4.28. The second kappa shape index (κ2) is 4.50. The number of rotatable bonds is 2. The fourth-order valence-corrected chi connectivity index (χ4v) is 2.33. The summed E-state index contributed by atoms with van der Waals surface area (Å²) in [7, 11) is 0. The van der Waals surface area contributed by atoms with Crippen molar-refractivity contribution < 1.29 is 8.78 Å². The Labute approximate surface area is 110 Å². The van der Waals surface area contributed by atoms with E-state index in [0.29, 0.717) is 12.1 Å². The number of aromatic nitrogens is 1. The highest BCUT2D eigenvalue weighted by atomic mass is 19.1. The molecule has 96 valence electrons. The van der Waals surface area contributed by atoms with Crippen molar-refractivity contribution in [3.63, 3.8) is 0 Å². The van der Waals surface area contributed by atoms with Gasteiger partial charge in [-0.25, -0.2) is 8.78 Å². The van der Waals surface area contributed by atoms with Crippen LogP contribution < -0.4 is 0 Å². The lowest BCUT2D eigenvalue weighted by Crippen LogP contribution is -1.99. The van der Waals surface area contributed by atoms with Gasteiger partial charge in [0.15, 0.2) is 0 Å². The number of fused-ring (bicyclic) bond motifs is 1. The molecule has 0 atom stereocenters. The highest BCUT2D eigenvalue weighted by molar-refractivity contribution is 5.80. The molecule has 0 aliphatic carbocycles. The smallest absolute Gasteiger partial charge is 0.126 e. The molecule has 0 aliphatic heterocycles. The summed E-state index contributed by atoms with van der Waals surface area (Å²) >= 11 is 0. The molecule has 1 heterocycles. The zero-order chi connectivity index (χ0) is 13.4. The lowest BCUT2D eigenvalue weighted by molar-refractivity contribution is 0.578. The van der Waals surface area contributed by atoms with E-state index in [9.17, 15) is 8.78 Å². The third-order valence-electron chi connectivity index (χ3n) is 3.20. The Hall–Kier alpha value is -2.16. The first kappa shape index (κ1) is 11.9. The zero-order valence-corrected chi connectivity index (χ0v) is 10.5. The van der Waals surface area contributed by atoms with Crippen molar-refractivity contribution in [1.82, 2.24) is 4.57 Å². The van der Waals surface area contributed by atoms with Gasteiger partial charge in [-0.15, -0.1) is 0 Å². The van der Waals surface area contributed by atoms with Crippen LogP contribution in [-0.2, 0) is 6.54 Å². The highest BCUT2D eigenvalue weighted by Crippen LogP contribution is 2.19. The fraction of sp³-hybridized carbons (Fsp3) is 0.125. The summed E-state index contributed by atoms with van der Waals surface area (Å²) in [6.45, 7) is 2.49. The molecular formula is C16H13F2N. The second-order valence-corrected chi connectivity index (χ2v) is 4.78. The van der Waals surface area contributed by atoms with Crippen LogP contribution >= 0.6 is 0 Å². The SMILES string of the molecule is Cc1ccc2ccn(Cc3cc(F)cc(F)c3)c2c1. The van der Waals surface area contributed by atoms with E-state index >= 15 is 0 Å². The Morgan fingerprint density at radius 2 is 1.68 bits per heavy atom. The molecule has 19 heavy (non-hydrogen) atoms. The average Bonchev–Trinajstić information content (AvgIpc) is 2.70. The van der Waals surface area contributed by atoms with Crippen molar-refractivity contribution in [2.45, 2.75) is 13.5 Å². The summed E-state index contributed by atoms with van der Waals surface area (Å²) in [6, 6.07) is 11.8. The van der Waals surface area contributed by atoms with Crippen LogP contribution in [0.2, 0.25) is 0 Å². The maximum atomic E-state index is 13.2. The van der Waals surface area contributed by atoms with E-state index in [-0.39, 0.29) is 0 Å². The Kier molecular flexibility index (Phi) is 2.82. The molecule has 1 aromatic heterocycles.